The van der Waals surface area contributed by atoms with E-state index in [1.165, 1.54) is 18.4 Å². The third-order valence-corrected chi connectivity index (χ3v) is 4.76. The molecule has 26 heavy (non-hydrogen) atoms. The number of rotatable bonds is 4. The zero-order chi connectivity index (χ0) is 18.1. The van der Waals surface area contributed by atoms with E-state index in [0.29, 0.717) is 24.2 Å². The third-order valence-electron chi connectivity index (χ3n) is 4.76. The first-order valence-electron chi connectivity index (χ1n) is 8.44. The lowest BCUT2D eigenvalue weighted by Gasteiger charge is -2.41. The summed E-state index contributed by atoms with van der Waals surface area (Å²) in [6.45, 7) is 0.409. The maximum absolute atomic E-state index is 15.4. The van der Waals surface area contributed by atoms with E-state index in [1.54, 1.807) is 41.3 Å². The molecule has 0 spiro atoms. The number of alkyl halides is 2. The van der Waals surface area contributed by atoms with Crippen molar-refractivity contribution < 1.29 is 18.0 Å². The van der Waals surface area contributed by atoms with Crippen molar-refractivity contribution in [2.24, 2.45) is 0 Å². The van der Waals surface area contributed by atoms with E-state index < -0.39 is 17.7 Å². The van der Waals surface area contributed by atoms with Crippen LogP contribution in [0.5, 0.6) is 0 Å². The average molecular weight is 353 g/mol. The molecule has 5 heteroatoms. The molecule has 1 atom stereocenters. The topological polar surface area (TPSA) is 33.5 Å². The molecule has 0 radical (unpaired) electrons. The van der Waals surface area contributed by atoms with Gasteiger partial charge in [0.15, 0.2) is 5.76 Å². The first kappa shape index (κ1) is 16.5. The minimum Gasteiger partial charge on any atom is -0.461 e. The van der Waals surface area contributed by atoms with Crippen LogP contribution in [0.3, 0.4) is 0 Å². The van der Waals surface area contributed by atoms with Gasteiger partial charge in [0.25, 0.3) is 5.78 Å². The Hall–Kier alpha value is -2.95. The molecule has 132 valence electrons. The highest BCUT2D eigenvalue weighted by atomic mass is 19.3. The molecular formula is C21H17F2NO2. The van der Waals surface area contributed by atoms with Gasteiger partial charge in [0.05, 0.1) is 6.26 Å². The number of fused-ring (bicyclic) bond motifs is 1. The van der Waals surface area contributed by atoms with Gasteiger partial charge in [-0.05, 0) is 41.8 Å². The monoisotopic (exact) mass is 353 g/mol. The van der Waals surface area contributed by atoms with E-state index in [1.807, 2.05) is 18.2 Å². The molecule has 0 bridgehead atoms. The Morgan fingerprint density at radius 2 is 1.73 bits per heavy atom. The summed E-state index contributed by atoms with van der Waals surface area (Å²) in [6, 6.07) is 17.4. The Morgan fingerprint density at radius 1 is 1.00 bits per heavy atom. The Balaban J connectivity index is 1.83. The van der Waals surface area contributed by atoms with Crippen molar-refractivity contribution in [2.45, 2.75) is 18.4 Å². The molecule has 0 saturated heterocycles. The Kier molecular flexibility index (Phi) is 4.07. The van der Waals surface area contributed by atoms with Crippen molar-refractivity contribution >= 4 is 11.5 Å². The molecule has 2 aromatic carbocycles. The number of carbonyl (C=O) groups is 1. The van der Waals surface area contributed by atoms with Crippen molar-refractivity contribution in [3.63, 3.8) is 0 Å². The standard InChI is InChI=1S/C21H17F2NO2/c22-21(23,20(25)18-11-6-14-26-18)19-17-10-5-4-7-15(17)12-13-24(19)16-8-2-1-3-9-16/h1-11,14,19H,12-13H2. The minimum absolute atomic E-state index is 0.328. The van der Waals surface area contributed by atoms with Gasteiger partial charge in [-0.25, -0.2) is 0 Å². The molecular weight excluding hydrogens is 336 g/mol. The fourth-order valence-corrected chi connectivity index (χ4v) is 3.55. The number of hydrogen-bond donors (Lipinski definition) is 0. The lowest BCUT2D eigenvalue weighted by Crippen LogP contribution is -2.49. The highest BCUT2D eigenvalue weighted by Gasteiger charge is 2.53. The SMILES string of the molecule is O=C(c1ccco1)C(F)(F)C1c2ccccc2CCN1c1ccccc1. The molecule has 1 aliphatic heterocycles. The molecule has 0 amide bonds. The molecule has 0 saturated carbocycles. The summed E-state index contributed by atoms with van der Waals surface area (Å²) in [4.78, 5) is 14.2. The fourth-order valence-electron chi connectivity index (χ4n) is 3.55. The van der Waals surface area contributed by atoms with E-state index in [2.05, 4.69) is 0 Å². The molecule has 0 fully saturated rings. The summed E-state index contributed by atoms with van der Waals surface area (Å²) >= 11 is 0. The number of carbonyl (C=O) groups excluding carboxylic acids is 1. The van der Waals surface area contributed by atoms with Crippen LogP contribution >= 0.6 is 0 Å². The second-order valence-electron chi connectivity index (χ2n) is 6.31. The van der Waals surface area contributed by atoms with Gasteiger partial charge in [0, 0.05) is 12.2 Å². The van der Waals surface area contributed by atoms with Crippen LogP contribution in [0.15, 0.2) is 77.4 Å². The number of halogens is 2. The smallest absolute Gasteiger partial charge is 0.336 e. The molecule has 1 aliphatic rings. The van der Waals surface area contributed by atoms with Crippen molar-refractivity contribution in [1.29, 1.82) is 0 Å². The highest BCUT2D eigenvalue weighted by molar-refractivity contribution is 6.00. The van der Waals surface area contributed by atoms with E-state index in [4.69, 9.17) is 4.42 Å². The second-order valence-corrected chi connectivity index (χ2v) is 6.31. The number of benzene rings is 2. The summed E-state index contributed by atoms with van der Waals surface area (Å²) in [5.74, 6) is -5.26. The van der Waals surface area contributed by atoms with Crippen molar-refractivity contribution in [1.82, 2.24) is 0 Å². The Bertz CT molecular complexity index is 907. The first-order chi connectivity index (χ1) is 12.6. The lowest BCUT2D eigenvalue weighted by molar-refractivity contribution is -0.0126. The zero-order valence-corrected chi connectivity index (χ0v) is 13.9. The summed E-state index contributed by atoms with van der Waals surface area (Å²) in [5, 5.41) is 0. The van der Waals surface area contributed by atoms with E-state index in [0.717, 1.165) is 5.56 Å². The van der Waals surface area contributed by atoms with Crippen LogP contribution in [-0.2, 0) is 6.42 Å². The van der Waals surface area contributed by atoms with Gasteiger partial charge in [0.2, 0.25) is 0 Å². The third kappa shape index (κ3) is 2.69. The Labute approximate surface area is 149 Å². The van der Waals surface area contributed by atoms with Gasteiger partial charge in [-0.1, -0.05) is 42.5 Å². The summed E-state index contributed by atoms with van der Waals surface area (Å²) in [5.41, 5.74) is 1.99. The molecule has 1 unspecified atom stereocenters. The highest BCUT2D eigenvalue weighted by Crippen LogP contribution is 2.44. The summed E-state index contributed by atoms with van der Waals surface area (Å²) in [6.07, 6.45) is 1.87. The molecule has 2 heterocycles. The number of nitrogens with zero attached hydrogens (tertiary/aromatic N) is 1. The first-order valence-corrected chi connectivity index (χ1v) is 8.44. The van der Waals surface area contributed by atoms with Crippen LogP contribution < -0.4 is 4.90 Å². The number of ketones is 1. The van der Waals surface area contributed by atoms with Crippen LogP contribution in [0.25, 0.3) is 0 Å². The molecule has 3 nitrogen and oxygen atoms in total. The summed E-state index contributed by atoms with van der Waals surface area (Å²) < 4.78 is 35.8. The van der Waals surface area contributed by atoms with Crippen molar-refractivity contribution in [3.05, 3.63) is 89.9 Å². The van der Waals surface area contributed by atoms with Gasteiger partial charge in [-0.15, -0.1) is 0 Å². The zero-order valence-electron chi connectivity index (χ0n) is 13.9. The predicted octanol–water partition coefficient (Wildman–Crippen LogP) is 4.90. The molecule has 3 aromatic rings. The molecule has 0 aliphatic carbocycles. The van der Waals surface area contributed by atoms with Crippen LogP contribution in [0, 0.1) is 0 Å². The second kappa shape index (κ2) is 6.41. The van der Waals surface area contributed by atoms with E-state index in [9.17, 15) is 4.79 Å². The average Bonchev–Trinajstić information content (AvgIpc) is 3.21. The normalized spacial score (nSPS) is 17.0. The molecule has 4 rings (SSSR count). The van der Waals surface area contributed by atoms with E-state index >= 15 is 8.78 Å². The summed E-state index contributed by atoms with van der Waals surface area (Å²) in [7, 11) is 0. The van der Waals surface area contributed by atoms with Crippen LogP contribution in [0.1, 0.15) is 27.7 Å². The van der Waals surface area contributed by atoms with Crippen LogP contribution in [0.2, 0.25) is 0 Å². The minimum atomic E-state index is -3.63. The van der Waals surface area contributed by atoms with Crippen molar-refractivity contribution in [3.8, 4) is 0 Å². The Morgan fingerprint density at radius 3 is 2.46 bits per heavy atom. The maximum Gasteiger partial charge on any atom is 0.336 e. The number of para-hydroxylation sites is 1. The van der Waals surface area contributed by atoms with Gasteiger partial charge < -0.3 is 9.32 Å². The largest absolute Gasteiger partial charge is 0.461 e. The quantitative estimate of drug-likeness (QED) is 0.626. The number of furan rings is 1. The van der Waals surface area contributed by atoms with Gasteiger partial charge in [-0.2, -0.15) is 8.78 Å². The van der Waals surface area contributed by atoms with E-state index in [-0.39, 0.29) is 5.76 Å². The van der Waals surface area contributed by atoms with Gasteiger partial charge >= 0.3 is 5.92 Å². The lowest BCUT2D eigenvalue weighted by atomic mass is 9.86. The fraction of sp³-hybridized carbons (Fsp3) is 0.190. The molecule has 1 aromatic heterocycles. The van der Waals surface area contributed by atoms with Gasteiger partial charge in [0.1, 0.15) is 6.04 Å². The van der Waals surface area contributed by atoms with Crippen molar-refractivity contribution in [2.75, 3.05) is 11.4 Å². The number of anilines is 1. The number of hydrogen-bond acceptors (Lipinski definition) is 3. The predicted molar refractivity (Wildman–Crippen MR) is 94.7 cm³/mol. The number of Topliss-reactive ketones (excluding diaryl/α,β-unsaturated/α-hetero) is 1. The molecule has 0 N–H and O–H groups in total. The van der Waals surface area contributed by atoms with Crippen LogP contribution in [0.4, 0.5) is 14.5 Å². The maximum atomic E-state index is 15.4. The van der Waals surface area contributed by atoms with Crippen LogP contribution in [-0.4, -0.2) is 18.3 Å². The van der Waals surface area contributed by atoms with Gasteiger partial charge in [-0.3, -0.25) is 4.79 Å².